The molecule has 5 heteroatoms. The van der Waals surface area contributed by atoms with Gasteiger partial charge in [-0.25, -0.2) is 0 Å². The van der Waals surface area contributed by atoms with Crippen LogP contribution in [0.4, 0.5) is 0 Å². The number of benzene rings is 2. The van der Waals surface area contributed by atoms with Crippen molar-refractivity contribution >= 4 is 11.5 Å². The number of ether oxygens (including phenoxy) is 1. The van der Waals surface area contributed by atoms with Gasteiger partial charge in [-0.2, -0.15) is 0 Å². The van der Waals surface area contributed by atoms with Crippen molar-refractivity contribution in [3.8, 4) is 5.75 Å². The van der Waals surface area contributed by atoms with E-state index < -0.39 is 0 Å². The van der Waals surface area contributed by atoms with Crippen LogP contribution in [-0.4, -0.2) is 25.2 Å². The first kappa shape index (κ1) is 18.5. The van der Waals surface area contributed by atoms with Crippen molar-refractivity contribution in [1.82, 2.24) is 0 Å². The molecule has 0 saturated heterocycles. The van der Waals surface area contributed by atoms with Crippen LogP contribution in [0.3, 0.4) is 0 Å². The molecule has 0 aliphatic carbocycles. The Hall–Kier alpha value is -2.82. The van der Waals surface area contributed by atoms with Gasteiger partial charge < -0.3 is 15.3 Å². The van der Waals surface area contributed by atoms with Gasteiger partial charge >= 0.3 is 0 Å². The third kappa shape index (κ3) is 4.83. The fourth-order valence-electron chi connectivity index (χ4n) is 2.47. The summed E-state index contributed by atoms with van der Waals surface area (Å²) in [6, 6.07) is 14.0. The van der Waals surface area contributed by atoms with E-state index in [-0.39, 0.29) is 0 Å². The smallest absolute Gasteiger partial charge is 0.152 e. The highest BCUT2D eigenvalue weighted by Gasteiger charge is 2.14. The topological polar surface area (TPSA) is 69.2 Å². The maximum Gasteiger partial charge on any atom is 0.152 e. The van der Waals surface area contributed by atoms with Gasteiger partial charge in [0.15, 0.2) is 5.71 Å². The van der Waals surface area contributed by atoms with Crippen LogP contribution in [0.15, 0.2) is 52.6 Å². The van der Waals surface area contributed by atoms with Crippen molar-refractivity contribution in [2.24, 2.45) is 15.9 Å². The Kier molecular flexibility index (Phi) is 6.57. The molecule has 2 rings (SSSR count). The molecule has 0 spiro atoms. The van der Waals surface area contributed by atoms with Gasteiger partial charge in [-0.15, -0.1) is 0 Å². The summed E-state index contributed by atoms with van der Waals surface area (Å²) in [6.45, 7) is 6.99. The predicted molar refractivity (Wildman–Crippen MR) is 102 cm³/mol. The van der Waals surface area contributed by atoms with E-state index in [9.17, 15) is 0 Å². The summed E-state index contributed by atoms with van der Waals surface area (Å²) >= 11 is 0. The van der Waals surface area contributed by atoms with Gasteiger partial charge in [-0.05, 0) is 43.5 Å². The van der Waals surface area contributed by atoms with E-state index in [1.807, 2.05) is 51.1 Å². The van der Waals surface area contributed by atoms with Gasteiger partial charge in [0, 0.05) is 12.1 Å². The molecule has 5 nitrogen and oxygen atoms in total. The highest BCUT2D eigenvalue weighted by molar-refractivity contribution is 6.47. The molecule has 0 amide bonds. The van der Waals surface area contributed by atoms with Crippen LogP contribution in [0, 0.1) is 13.8 Å². The van der Waals surface area contributed by atoms with Gasteiger partial charge in [-0.3, -0.25) is 4.99 Å². The van der Waals surface area contributed by atoms with Gasteiger partial charge in [0.05, 0.1) is 0 Å². The summed E-state index contributed by atoms with van der Waals surface area (Å²) in [5, 5.41) is 4.07. The van der Waals surface area contributed by atoms with Crippen molar-refractivity contribution in [3.05, 3.63) is 64.7 Å². The number of nitrogens with two attached hydrogens (primary N) is 1. The van der Waals surface area contributed by atoms with Gasteiger partial charge in [0.25, 0.3) is 0 Å². The van der Waals surface area contributed by atoms with Crippen LogP contribution in [0.25, 0.3) is 0 Å². The van der Waals surface area contributed by atoms with Crippen molar-refractivity contribution in [2.75, 3.05) is 13.7 Å². The second-order valence-corrected chi connectivity index (χ2v) is 5.70. The summed E-state index contributed by atoms with van der Waals surface area (Å²) in [5.41, 5.74) is 10.7. The molecular formula is C20H25N3O2. The van der Waals surface area contributed by atoms with Crippen LogP contribution in [0.5, 0.6) is 5.75 Å². The maximum absolute atomic E-state index is 6.07. The molecule has 0 aliphatic heterocycles. The standard InChI is InChI=1S/C20H25N3O2/c1-5-22-20(21)19(23-24-4)17-9-7-6-8-16(17)13-25-18-12-14(2)10-11-15(18)3/h6-12H,5,13H2,1-4H3,(H2,21,22). The van der Waals surface area contributed by atoms with Gasteiger partial charge in [0.1, 0.15) is 25.3 Å². The van der Waals surface area contributed by atoms with Gasteiger partial charge in [0.2, 0.25) is 0 Å². The first-order valence-corrected chi connectivity index (χ1v) is 8.26. The number of hydrogen-bond donors (Lipinski definition) is 1. The summed E-state index contributed by atoms with van der Waals surface area (Å²) in [4.78, 5) is 9.21. The Bertz CT molecular complexity index is 782. The van der Waals surface area contributed by atoms with Crippen LogP contribution < -0.4 is 10.5 Å². The van der Waals surface area contributed by atoms with Gasteiger partial charge in [-0.1, -0.05) is 41.6 Å². The highest BCUT2D eigenvalue weighted by Crippen LogP contribution is 2.21. The minimum absolute atomic E-state index is 0.350. The van der Waals surface area contributed by atoms with E-state index in [0.29, 0.717) is 24.7 Å². The monoisotopic (exact) mass is 339 g/mol. The Morgan fingerprint density at radius 2 is 1.88 bits per heavy atom. The molecule has 0 aromatic heterocycles. The molecule has 2 N–H and O–H groups in total. The molecule has 0 bridgehead atoms. The number of amidine groups is 1. The summed E-state index contributed by atoms with van der Waals surface area (Å²) in [6.07, 6.45) is 0. The molecule has 2 aromatic carbocycles. The summed E-state index contributed by atoms with van der Waals surface area (Å²) < 4.78 is 6.04. The third-order valence-electron chi connectivity index (χ3n) is 3.75. The minimum atomic E-state index is 0.350. The second kappa shape index (κ2) is 8.87. The lowest BCUT2D eigenvalue weighted by Gasteiger charge is -2.14. The zero-order valence-electron chi connectivity index (χ0n) is 15.2. The van der Waals surface area contributed by atoms with E-state index in [2.05, 4.69) is 22.3 Å². The summed E-state index contributed by atoms with van der Waals surface area (Å²) in [5.74, 6) is 1.22. The molecular weight excluding hydrogens is 314 g/mol. The largest absolute Gasteiger partial charge is 0.489 e. The van der Waals surface area contributed by atoms with Crippen LogP contribution >= 0.6 is 0 Å². The van der Waals surface area contributed by atoms with E-state index >= 15 is 0 Å². The molecule has 0 radical (unpaired) electrons. The quantitative estimate of drug-likeness (QED) is 0.476. The normalized spacial score (nSPS) is 12.2. The second-order valence-electron chi connectivity index (χ2n) is 5.70. The molecule has 25 heavy (non-hydrogen) atoms. The molecule has 132 valence electrons. The highest BCUT2D eigenvalue weighted by atomic mass is 16.6. The Morgan fingerprint density at radius 3 is 2.60 bits per heavy atom. The van der Waals surface area contributed by atoms with Crippen LogP contribution in [-0.2, 0) is 11.4 Å². The molecule has 0 unspecified atom stereocenters. The molecule has 0 heterocycles. The maximum atomic E-state index is 6.07. The molecule has 0 saturated carbocycles. The van der Waals surface area contributed by atoms with Crippen molar-refractivity contribution < 1.29 is 9.57 Å². The number of oxime groups is 1. The molecule has 0 atom stereocenters. The zero-order chi connectivity index (χ0) is 18.2. The van der Waals surface area contributed by atoms with Crippen LogP contribution in [0.1, 0.15) is 29.2 Å². The molecule has 0 fully saturated rings. The Morgan fingerprint density at radius 1 is 1.12 bits per heavy atom. The van der Waals surface area contributed by atoms with E-state index in [1.54, 1.807) is 0 Å². The zero-order valence-corrected chi connectivity index (χ0v) is 15.2. The predicted octanol–water partition coefficient (Wildman–Crippen LogP) is 3.61. The number of aryl methyl sites for hydroxylation is 2. The lowest BCUT2D eigenvalue weighted by Crippen LogP contribution is -2.27. The van der Waals surface area contributed by atoms with E-state index in [4.69, 9.17) is 15.3 Å². The van der Waals surface area contributed by atoms with Crippen molar-refractivity contribution in [2.45, 2.75) is 27.4 Å². The average molecular weight is 339 g/mol. The molecule has 0 aliphatic rings. The third-order valence-corrected chi connectivity index (χ3v) is 3.75. The number of rotatable bonds is 7. The Labute approximate surface area is 149 Å². The van der Waals surface area contributed by atoms with E-state index in [1.165, 1.54) is 7.11 Å². The summed E-state index contributed by atoms with van der Waals surface area (Å²) in [7, 11) is 1.49. The first-order chi connectivity index (χ1) is 12.1. The van der Waals surface area contributed by atoms with E-state index in [0.717, 1.165) is 28.0 Å². The minimum Gasteiger partial charge on any atom is -0.489 e. The van der Waals surface area contributed by atoms with Crippen LogP contribution in [0.2, 0.25) is 0 Å². The first-order valence-electron chi connectivity index (χ1n) is 8.26. The lowest BCUT2D eigenvalue weighted by molar-refractivity contribution is 0.214. The lowest BCUT2D eigenvalue weighted by atomic mass is 10.0. The SMILES string of the molecule is CCN=C(N)C(=NOC)c1ccccc1COc1cc(C)ccc1C. The number of aliphatic imine (C=N–C) groups is 1. The Balaban J connectivity index is 2.32. The number of nitrogens with zero attached hydrogens (tertiary/aromatic N) is 2. The fourth-order valence-corrected chi connectivity index (χ4v) is 2.47. The van der Waals surface area contributed by atoms with Crippen molar-refractivity contribution in [3.63, 3.8) is 0 Å². The van der Waals surface area contributed by atoms with Crippen molar-refractivity contribution in [1.29, 1.82) is 0 Å². The molecule has 2 aromatic rings. The number of hydrogen-bond acceptors (Lipinski definition) is 4. The average Bonchev–Trinajstić information content (AvgIpc) is 2.61. The fraction of sp³-hybridized carbons (Fsp3) is 0.300.